The van der Waals surface area contributed by atoms with E-state index in [0.29, 0.717) is 6.42 Å². The lowest BCUT2D eigenvalue weighted by Gasteiger charge is -2.22. The van der Waals surface area contributed by atoms with Crippen LogP contribution in [0.25, 0.3) is 10.8 Å². The second-order valence-corrected chi connectivity index (χ2v) is 7.07. The maximum absolute atomic E-state index is 12.8. The molecule has 1 amide bonds. The summed E-state index contributed by atoms with van der Waals surface area (Å²) in [5.41, 5.74) is 3.59. The minimum atomic E-state index is -0.523. The molecule has 0 aliphatic carbocycles. The number of benzene rings is 3. The van der Waals surface area contributed by atoms with Crippen molar-refractivity contribution in [1.29, 1.82) is 0 Å². The summed E-state index contributed by atoms with van der Waals surface area (Å²) in [7, 11) is 0. The summed E-state index contributed by atoms with van der Waals surface area (Å²) in [5.74, 6) is 0.657. The Hall–Kier alpha value is -2.81. The van der Waals surface area contributed by atoms with Crippen LogP contribution in [0.1, 0.15) is 43.0 Å². The summed E-state index contributed by atoms with van der Waals surface area (Å²) in [5, 5.41) is 5.23. The van der Waals surface area contributed by atoms with Gasteiger partial charge in [-0.1, -0.05) is 61.5 Å². The molecule has 0 bridgehead atoms. The molecule has 0 saturated carbocycles. The first kappa shape index (κ1) is 19.0. The van der Waals surface area contributed by atoms with Crippen LogP contribution in [0, 0.1) is 13.8 Å². The first-order chi connectivity index (χ1) is 13.0. The van der Waals surface area contributed by atoms with E-state index in [1.54, 1.807) is 0 Å². The minimum Gasteiger partial charge on any atom is -0.480 e. The number of ether oxygens (including phenoxy) is 1. The molecule has 3 nitrogen and oxygen atoms in total. The topological polar surface area (TPSA) is 38.3 Å². The van der Waals surface area contributed by atoms with Crippen LogP contribution in [0.3, 0.4) is 0 Å². The Bertz CT molecular complexity index is 943. The van der Waals surface area contributed by atoms with Crippen LogP contribution < -0.4 is 10.1 Å². The predicted molar refractivity (Wildman–Crippen MR) is 111 cm³/mol. The molecule has 0 aromatic heterocycles. The van der Waals surface area contributed by atoms with Gasteiger partial charge >= 0.3 is 0 Å². The van der Waals surface area contributed by atoms with Crippen molar-refractivity contribution in [2.75, 3.05) is 0 Å². The van der Waals surface area contributed by atoms with Crippen molar-refractivity contribution in [3.63, 3.8) is 0 Å². The van der Waals surface area contributed by atoms with E-state index >= 15 is 0 Å². The molecule has 2 unspecified atom stereocenters. The zero-order valence-electron chi connectivity index (χ0n) is 16.5. The molecule has 0 aliphatic heterocycles. The van der Waals surface area contributed by atoms with E-state index in [-0.39, 0.29) is 11.9 Å². The summed E-state index contributed by atoms with van der Waals surface area (Å²) in [6.07, 6.45) is 0.0825. The molecular formula is C24H27NO2. The third kappa shape index (κ3) is 4.30. The molecule has 0 saturated heterocycles. The quantitative estimate of drug-likeness (QED) is 0.630. The largest absolute Gasteiger partial charge is 0.480 e. The van der Waals surface area contributed by atoms with Gasteiger partial charge < -0.3 is 10.1 Å². The average Bonchev–Trinajstić information content (AvgIpc) is 2.68. The van der Waals surface area contributed by atoms with E-state index in [0.717, 1.165) is 22.1 Å². The van der Waals surface area contributed by atoms with Gasteiger partial charge in [0.05, 0.1) is 6.04 Å². The SMILES string of the molecule is CCC(Oc1cccc2ccccc12)C(=O)NC(C)c1ccc(C)c(C)c1. The van der Waals surface area contributed by atoms with Crippen molar-refractivity contribution in [2.24, 2.45) is 0 Å². The zero-order valence-corrected chi connectivity index (χ0v) is 16.5. The molecule has 0 heterocycles. The highest BCUT2D eigenvalue weighted by molar-refractivity contribution is 5.89. The third-order valence-corrected chi connectivity index (χ3v) is 5.07. The number of carbonyl (C=O) groups is 1. The van der Waals surface area contributed by atoms with Gasteiger partial charge in [-0.2, -0.15) is 0 Å². The molecule has 27 heavy (non-hydrogen) atoms. The number of carbonyl (C=O) groups excluding carboxylic acids is 1. The third-order valence-electron chi connectivity index (χ3n) is 5.07. The van der Waals surface area contributed by atoms with E-state index in [9.17, 15) is 4.79 Å². The Labute approximate surface area is 161 Å². The van der Waals surface area contributed by atoms with Crippen molar-refractivity contribution < 1.29 is 9.53 Å². The maximum atomic E-state index is 12.8. The summed E-state index contributed by atoms with van der Waals surface area (Å²) in [6.45, 7) is 8.15. The number of hydrogen-bond donors (Lipinski definition) is 1. The average molecular weight is 361 g/mol. The normalized spacial score (nSPS) is 13.2. The van der Waals surface area contributed by atoms with Gasteiger partial charge in [0.15, 0.2) is 6.10 Å². The first-order valence-electron chi connectivity index (χ1n) is 9.51. The Morgan fingerprint density at radius 2 is 1.74 bits per heavy atom. The monoisotopic (exact) mass is 361 g/mol. The molecule has 3 rings (SSSR count). The molecule has 3 aromatic carbocycles. The molecule has 3 heteroatoms. The second kappa shape index (κ2) is 8.26. The van der Waals surface area contributed by atoms with E-state index in [2.05, 4.69) is 37.4 Å². The smallest absolute Gasteiger partial charge is 0.261 e. The number of aryl methyl sites for hydroxylation is 2. The standard InChI is InChI=1S/C24H27NO2/c1-5-22(27-23-12-8-10-19-9-6-7-11-21(19)23)24(26)25-18(4)20-14-13-16(2)17(3)15-20/h6-15,18,22H,5H2,1-4H3,(H,25,26). The Morgan fingerprint density at radius 3 is 2.48 bits per heavy atom. The van der Waals surface area contributed by atoms with Gasteiger partial charge in [0.1, 0.15) is 5.75 Å². The van der Waals surface area contributed by atoms with Gasteiger partial charge in [-0.25, -0.2) is 0 Å². The lowest BCUT2D eigenvalue weighted by atomic mass is 10.0. The number of amides is 1. The van der Waals surface area contributed by atoms with E-state index in [1.807, 2.05) is 56.3 Å². The fourth-order valence-corrected chi connectivity index (χ4v) is 3.20. The minimum absolute atomic E-state index is 0.0676. The summed E-state index contributed by atoms with van der Waals surface area (Å²) in [4.78, 5) is 12.8. The van der Waals surface area contributed by atoms with Crippen molar-refractivity contribution in [3.05, 3.63) is 77.4 Å². The number of hydrogen-bond acceptors (Lipinski definition) is 2. The van der Waals surface area contributed by atoms with Crippen molar-refractivity contribution in [1.82, 2.24) is 5.32 Å². The summed E-state index contributed by atoms with van der Waals surface area (Å²) in [6, 6.07) is 20.2. The van der Waals surface area contributed by atoms with Gasteiger partial charge in [0, 0.05) is 5.39 Å². The zero-order chi connectivity index (χ0) is 19.4. The first-order valence-corrected chi connectivity index (χ1v) is 9.51. The molecule has 2 atom stereocenters. The van der Waals surface area contributed by atoms with E-state index in [4.69, 9.17) is 4.74 Å². The van der Waals surface area contributed by atoms with Gasteiger partial charge in [-0.05, 0) is 55.3 Å². The Balaban J connectivity index is 1.74. The van der Waals surface area contributed by atoms with Crippen LogP contribution in [-0.4, -0.2) is 12.0 Å². The fraction of sp³-hybridized carbons (Fsp3) is 0.292. The van der Waals surface area contributed by atoms with Crippen LogP contribution in [0.4, 0.5) is 0 Å². The van der Waals surface area contributed by atoms with Crippen LogP contribution >= 0.6 is 0 Å². The summed E-state index contributed by atoms with van der Waals surface area (Å²) >= 11 is 0. The molecule has 3 aromatic rings. The van der Waals surface area contributed by atoms with Crippen LogP contribution in [-0.2, 0) is 4.79 Å². The number of nitrogens with one attached hydrogen (secondary N) is 1. The second-order valence-electron chi connectivity index (χ2n) is 7.07. The molecule has 0 radical (unpaired) electrons. The summed E-state index contributed by atoms with van der Waals surface area (Å²) < 4.78 is 6.11. The fourth-order valence-electron chi connectivity index (χ4n) is 3.20. The van der Waals surface area contributed by atoms with Gasteiger partial charge in [-0.3, -0.25) is 4.79 Å². The van der Waals surface area contributed by atoms with Gasteiger partial charge in [0.2, 0.25) is 0 Å². The number of rotatable bonds is 6. The molecular weight excluding hydrogens is 334 g/mol. The molecule has 140 valence electrons. The maximum Gasteiger partial charge on any atom is 0.261 e. The van der Waals surface area contributed by atoms with Crippen LogP contribution in [0.15, 0.2) is 60.7 Å². The van der Waals surface area contributed by atoms with Gasteiger partial charge in [-0.15, -0.1) is 0 Å². The van der Waals surface area contributed by atoms with E-state index in [1.165, 1.54) is 11.1 Å². The highest BCUT2D eigenvalue weighted by atomic mass is 16.5. The predicted octanol–water partition coefficient (Wildman–Crippen LogP) is 5.49. The van der Waals surface area contributed by atoms with Gasteiger partial charge in [0.25, 0.3) is 5.91 Å². The molecule has 0 spiro atoms. The van der Waals surface area contributed by atoms with E-state index < -0.39 is 6.10 Å². The number of fused-ring (bicyclic) bond motifs is 1. The van der Waals surface area contributed by atoms with Crippen LogP contribution in [0.2, 0.25) is 0 Å². The molecule has 0 aliphatic rings. The highest BCUT2D eigenvalue weighted by Crippen LogP contribution is 2.27. The Morgan fingerprint density at radius 1 is 1.00 bits per heavy atom. The lowest BCUT2D eigenvalue weighted by Crippen LogP contribution is -2.39. The highest BCUT2D eigenvalue weighted by Gasteiger charge is 2.21. The molecule has 1 N–H and O–H groups in total. The van der Waals surface area contributed by atoms with Crippen molar-refractivity contribution in [2.45, 2.75) is 46.3 Å². The van der Waals surface area contributed by atoms with Crippen LogP contribution in [0.5, 0.6) is 5.75 Å². The molecule has 0 fully saturated rings. The van der Waals surface area contributed by atoms with Crippen molar-refractivity contribution in [3.8, 4) is 5.75 Å². The Kier molecular flexibility index (Phi) is 5.80. The van der Waals surface area contributed by atoms with Crippen molar-refractivity contribution >= 4 is 16.7 Å². The lowest BCUT2D eigenvalue weighted by molar-refractivity contribution is -0.128.